The topological polar surface area (TPSA) is 94.2 Å². The molecule has 1 amide bonds. The quantitative estimate of drug-likeness (QED) is 0.260. The Kier molecular flexibility index (Phi) is 8.40. The summed E-state index contributed by atoms with van der Waals surface area (Å²) >= 11 is 6.01. The average molecular weight is 553 g/mol. The van der Waals surface area contributed by atoms with E-state index < -0.39 is 22.5 Å². The smallest absolute Gasteiger partial charge is 0.264 e. The number of carbonyl (C=O) groups excluding carboxylic acids is 1. The lowest BCUT2D eigenvalue weighted by molar-refractivity contribution is -0.114. The summed E-state index contributed by atoms with van der Waals surface area (Å²) in [6.07, 6.45) is 0. The predicted octanol–water partition coefficient (Wildman–Crippen LogP) is 5.98. The molecule has 1 N–H and O–H groups in total. The van der Waals surface area contributed by atoms with Crippen LogP contribution in [0.4, 0.5) is 11.4 Å². The molecule has 0 saturated carbocycles. The maximum absolute atomic E-state index is 13.7. The van der Waals surface area contributed by atoms with Crippen LogP contribution in [0.5, 0.6) is 23.0 Å². The molecule has 10 heteroatoms. The number of sulfonamides is 1. The third-order valence-corrected chi connectivity index (χ3v) is 7.48. The summed E-state index contributed by atoms with van der Waals surface area (Å²) in [4.78, 5) is 13.0. The van der Waals surface area contributed by atoms with Gasteiger partial charge in [0.1, 0.15) is 18.0 Å². The number of halogens is 1. The number of hydrogen-bond acceptors (Lipinski definition) is 6. The monoisotopic (exact) mass is 552 g/mol. The minimum absolute atomic E-state index is 0.0692. The molecule has 0 heterocycles. The third-order valence-electron chi connectivity index (χ3n) is 5.46. The second-order valence-electron chi connectivity index (χ2n) is 7.99. The number of nitrogens with one attached hydrogen (secondary N) is 1. The molecule has 0 aromatic heterocycles. The van der Waals surface area contributed by atoms with Gasteiger partial charge in [-0.25, -0.2) is 8.42 Å². The molecule has 0 saturated heterocycles. The second kappa shape index (κ2) is 11.9. The van der Waals surface area contributed by atoms with Crippen LogP contribution in [0.15, 0.2) is 102 Å². The first-order valence-corrected chi connectivity index (χ1v) is 13.2. The van der Waals surface area contributed by atoms with Crippen molar-refractivity contribution in [1.29, 1.82) is 0 Å². The zero-order chi connectivity index (χ0) is 27.1. The largest absolute Gasteiger partial charge is 0.493 e. The molecule has 0 radical (unpaired) electrons. The van der Waals surface area contributed by atoms with E-state index in [0.717, 1.165) is 4.31 Å². The van der Waals surface area contributed by atoms with Gasteiger partial charge in [-0.1, -0.05) is 29.8 Å². The Morgan fingerprint density at radius 2 is 1.45 bits per heavy atom. The summed E-state index contributed by atoms with van der Waals surface area (Å²) < 4.78 is 44.6. The normalized spacial score (nSPS) is 10.9. The minimum Gasteiger partial charge on any atom is -0.493 e. The van der Waals surface area contributed by atoms with Crippen molar-refractivity contribution in [2.45, 2.75) is 4.90 Å². The van der Waals surface area contributed by atoms with Crippen molar-refractivity contribution in [3.05, 3.63) is 102 Å². The zero-order valence-electron chi connectivity index (χ0n) is 20.6. The molecule has 4 rings (SSSR count). The van der Waals surface area contributed by atoms with Crippen LogP contribution < -0.4 is 23.8 Å². The fourth-order valence-electron chi connectivity index (χ4n) is 3.59. The van der Waals surface area contributed by atoms with E-state index >= 15 is 0 Å². The highest BCUT2D eigenvalue weighted by molar-refractivity contribution is 7.92. The highest BCUT2D eigenvalue weighted by Crippen LogP contribution is 2.32. The van der Waals surface area contributed by atoms with Crippen molar-refractivity contribution in [3.63, 3.8) is 0 Å². The van der Waals surface area contributed by atoms with Crippen molar-refractivity contribution in [1.82, 2.24) is 0 Å². The molecule has 0 spiro atoms. The fraction of sp³-hybridized carbons (Fsp3) is 0.107. The SMILES string of the molecule is COc1ccc(S(=O)(=O)N(CC(=O)Nc2ccc(Oc3ccccc3)cc2)c2ccc(Cl)cc2)cc1OC. The van der Waals surface area contributed by atoms with Crippen LogP contribution in [0, 0.1) is 0 Å². The Morgan fingerprint density at radius 3 is 2.08 bits per heavy atom. The van der Waals surface area contributed by atoms with Crippen molar-refractivity contribution < 1.29 is 27.4 Å². The number of anilines is 2. The summed E-state index contributed by atoms with van der Waals surface area (Å²) in [5.41, 5.74) is 0.751. The van der Waals surface area contributed by atoms with Gasteiger partial charge in [-0.2, -0.15) is 0 Å². The van der Waals surface area contributed by atoms with Gasteiger partial charge in [-0.05, 0) is 72.8 Å². The predicted molar refractivity (Wildman–Crippen MR) is 147 cm³/mol. The maximum Gasteiger partial charge on any atom is 0.264 e. The minimum atomic E-state index is -4.18. The Labute approximate surface area is 226 Å². The maximum atomic E-state index is 13.7. The van der Waals surface area contributed by atoms with Crippen LogP contribution in [0.2, 0.25) is 5.02 Å². The van der Waals surface area contributed by atoms with E-state index in [1.54, 1.807) is 36.4 Å². The summed E-state index contributed by atoms with van der Waals surface area (Å²) in [6, 6.07) is 26.5. The Hall–Kier alpha value is -4.21. The number of ether oxygens (including phenoxy) is 3. The molecule has 0 aliphatic heterocycles. The van der Waals surface area contributed by atoms with E-state index in [9.17, 15) is 13.2 Å². The van der Waals surface area contributed by atoms with Crippen LogP contribution in [0.1, 0.15) is 0 Å². The Morgan fingerprint density at radius 1 is 0.816 bits per heavy atom. The first-order chi connectivity index (χ1) is 18.3. The third kappa shape index (κ3) is 6.37. The van der Waals surface area contributed by atoms with Gasteiger partial charge < -0.3 is 19.5 Å². The molecule has 38 heavy (non-hydrogen) atoms. The zero-order valence-corrected chi connectivity index (χ0v) is 22.2. The Bertz CT molecular complexity index is 1500. The summed E-state index contributed by atoms with van der Waals surface area (Å²) in [6.45, 7) is -0.486. The van der Waals surface area contributed by atoms with Gasteiger partial charge in [0.2, 0.25) is 5.91 Å². The van der Waals surface area contributed by atoms with E-state index in [1.807, 2.05) is 30.3 Å². The van der Waals surface area contributed by atoms with Crippen LogP contribution in [-0.2, 0) is 14.8 Å². The number of amides is 1. The van der Waals surface area contributed by atoms with Gasteiger partial charge >= 0.3 is 0 Å². The first-order valence-electron chi connectivity index (χ1n) is 11.4. The number of carbonyl (C=O) groups is 1. The van der Waals surface area contributed by atoms with Gasteiger partial charge in [-0.15, -0.1) is 0 Å². The molecule has 0 aliphatic carbocycles. The molecule has 0 atom stereocenters. The fourth-order valence-corrected chi connectivity index (χ4v) is 5.15. The Balaban J connectivity index is 1.56. The van der Waals surface area contributed by atoms with Gasteiger partial charge in [0.15, 0.2) is 11.5 Å². The van der Waals surface area contributed by atoms with Crippen molar-refractivity contribution >= 4 is 38.9 Å². The lowest BCUT2D eigenvalue weighted by Gasteiger charge is -2.24. The molecule has 4 aromatic carbocycles. The molecule has 196 valence electrons. The van der Waals surface area contributed by atoms with Crippen LogP contribution in [0.3, 0.4) is 0 Å². The van der Waals surface area contributed by atoms with Crippen molar-refractivity contribution in [3.8, 4) is 23.0 Å². The number of rotatable bonds is 10. The van der Waals surface area contributed by atoms with Gasteiger partial charge in [-0.3, -0.25) is 9.10 Å². The van der Waals surface area contributed by atoms with Crippen molar-refractivity contribution in [2.24, 2.45) is 0 Å². The second-order valence-corrected chi connectivity index (χ2v) is 10.3. The number of benzene rings is 4. The van der Waals surface area contributed by atoms with E-state index in [1.165, 1.54) is 44.6 Å². The number of nitrogens with zero attached hydrogens (tertiary/aromatic N) is 1. The molecular formula is C28H25ClN2O6S. The van der Waals surface area contributed by atoms with Gasteiger partial charge in [0.25, 0.3) is 10.0 Å². The molecule has 4 aromatic rings. The molecule has 0 fully saturated rings. The summed E-state index contributed by atoms with van der Waals surface area (Å²) in [5.74, 6) is 1.35. The summed E-state index contributed by atoms with van der Waals surface area (Å²) in [7, 11) is -1.31. The lowest BCUT2D eigenvalue weighted by Crippen LogP contribution is -2.38. The van der Waals surface area contributed by atoms with Crippen LogP contribution in [-0.4, -0.2) is 35.1 Å². The van der Waals surface area contributed by atoms with E-state index in [2.05, 4.69) is 5.32 Å². The van der Waals surface area contributed by atoms with Crippen LogP contribution in [0.25, 0.3) is 0 Å². The standard InChI is InChI=1S/C28H25ClN2O6S/c1-35-26-17-16-25(18-27(26)36-2)38(33,34)31(22-12-8-20(29)9-13-22)19-28(32)30-21-10-14-24(15-11-21)37-23-6-4-3-5-7-23/h3-18H,19H2,1-2H3,(H,30,32). The molecule has 0 aliphatic rings. The number of methoxy groups -OCH3 is 2. The number of hydrogen-bond donors (Lipinski definition) is 1. The molecule has 0 unspecified atom stereocenters. The van der Waals surface area contributed by atoms with E-state index in [4.69, 9.17) is 25.8 Å². The van der Waals surface area contributed by atoms with Crippen molar-refractivity contribution in [2.75, 3.05) is 30.4 Å². The highest BCUT2D eigenvalue weighted by atomic mass is 35.5. The van der Waals surface area contributed by atoms with E-state index in [-0.39, 0.29) is 16.3 Å². The van der Waals surface area contributed by atoms with Crippen LogP contribution >= 0.6 is 11.6 Å². The summed E-state index contributed by atoms with van der Waals surface area (Å²) in [5, 5.41) is 3.17. The van der Waals surface area contributed by atoms with Gasteiger partial charge in [0.05, 0.1) is 24.8 Å². The molecule has 8 nitrogen and oxygen atoms in total. The molecular weight excluding hydrogens is 528 g/mol. The lowest BCUT2D eigenvalue weighted by atomic mass is 10.3. The average Bonchev–Trinajstić information content (AvgIpc) is 2.93. The van der Waals surface area contributed by atoms with E-state index in [0.29, 0.717) is 28.0 Å². The molecule has 0 bridgehead atoms. The number of para-hydroxylation sites is 1. The van der Waals surface area contributed by atoms with Gasteiger partial charge in [0, 0.05) is 16.8 Å². The highest BCUT2D eigenvalue weighted by Gasteiger charge is 2.28. The first kappa shape index (κ1) is 26.8.